The van der Waals surface area contributed by atoms with Gasteiger partial charge in [0.1, 0.15) is 5.75 Å². The molecule has 20 heavy (non-hydrogen) atoms. The number of benzene rings is 2. The van der Waals surface area contributed by atoms with Crippen molar-refractivity contribution in [2.24, 2.45) is 0 Å². The molecule has 2 rings (SSSR count). The number of nitrogens with one attached hydrogen (secondary N) is 1. The predicted molar refractivity (Wildman–Crippen MR) is 85.3 cm³/mol. The Morgan fingerprint density at radius 2 is 1.75 bits per heavy atom. The minimum absolute atomic E-state index is 0.116. The summed E-state index contributed by atoms with van der Waals surface area (Å²) in [7, 11) is 0. The fraction of sp³-hybridized carbons (Fsp3) is 0.333. The number of aromatic hydroxyl groups is 1. The van der Waals surface area contributed by atoms with Gasteiger partial charge in [-0.25, -0.2) is 0 Å². The van der Waals surface area contributed by atoms with Gasteiger partial charge in [-0.15, -0.1) is 0 Å². The van der Waals surface area contributed by atoms with Crippen molar-refractivity contribution in [2.45, 2.75) is 38.6 Å². The molecule has 2 nitrogen and oxygen atoms in total. The van der Waals surface area contributed by atoms with Crippen LogP contribution in [0.5, 0.6) is 5.75 Å². The summed E-state index contributed by atoms with van der Waals surface area (Å²) in [5.74, 6) is 0.296. The number of hydrogen-bond acceptors (Lipinski definition) is 2. The zero-order chi connectivity index (χ0) is 14.6. The van der Waals surface area contributed by atoms with Gasteiger partial charge >= 0.3 is 0 Å². The summed E-state index contributed by atoms with van der Waals surface area (Å²) in [5.41, 5.74) is 2.43. The second kappa shape index (κ2) is 6.00. The van der Waals surface area contributed by atoms with E-state index in [0.29, 0.717) is 11.8 Å². The Bertz CT molecular complexity index is 548. The molecule has 0 saturated heterocycles. The molecule has 0 aliphatic carbocycles. The van der Waals surface area contributed by atoms with Gasteiger partial charge in [-0.2, -0.15) is 0 Å². The van der Waals surface area contributed by atoms with E-state index in [9.17, 15) is 5.11 Å². The van der Waals surface area contributed by atoms with Crippen molar-refractivity contribution >= 4 is 5.69 Å². The van der Waals surface area contributed by atoms with Crippen LogP contribution in [0.4, 0.5) is 5.69 Å². The smallest absolute Gasteiger partial charge is 0.117 e. The molecule has 0 aliphatic rings. The normalized spacial score (nSPS) is 12.9. The standard InChI is InChI=1S/C18H23NO/c1-14(19-16-10-7-11-17(20)12-16)13-18(2,3)15-8-5-4-6-9-15/h4-12,14,19-20H,13H2,1-3H3. The Balaban J connectivity index is 2.02. The van der Waals surface area contributed by atoms with E-state index < -0.39 is 0 Å². The van der Waals surface area contributed by atoms with Crippen LogP contribution in [0.3, 0.4) is 0 Å². The highest BCUT2D eigenvalue weighted by Crippen LogP contribution is 2.29. The van der Waals surface area contributed by atoms with Crippen molar-refractivity contribution in [1.29, 1.82) is 0 Å². The van der Waals surface area contributed by atoms with E-state index in [2.05, 4.69) is 50.4 Å². The molecular formula is C18H23NO. The summed E-state index contributed by atoms with van der Waals surface area (Å²) in [6.45, 7) is 6.71. The van der Waals surface area contributed by atoms with Gasteiger partial charge in [0.05, 0.1) is 0 Å². The maximum Gasteiger partial charge on any atom is 0.117 e. The van der Waals surface area contributed by atoms with Gasteiger partial charge in [0.15, 0.2) is 0 Å². The Morgan fingerprint density at radius 1 is 1.05 bits per heavy atom. The monoisotopic (exact) mass is 269 g/mol. The molecule has 1 atom stereocenters. The summed E-state index contributed by atoms with van der Waals surface area (Å²) >= 11 is 0. The molecule has 0 heterocycles. The maximum atomic E-state index is 9.50. The summed E-state index contributed by atoms with van der Waals surface area (Å²) in [5, 5.41) is 12.9. The van der Waals surface area contributed by atoms with Crippen molar-refractivity contribution in [1.82, 2.24) is 0 Å². The van der Waals surface area contributed by atoms with Crippen molar-refractivity contribution in [3.63, 3.8) is 0 Å². The maximum absolute atomic E-state index is 9.50. The lowest BCUT2D eigenvalue weighted by Crippen LogP contribution is -2.27. The zero-order valence-corrected chi connectivity index (χ0v) is 12.4. The van der Waals surface area contributed by atoms with Crippen LogP contribution in [-0.4, -0.2) is 11.1 Å². The molecule has 2 aromatic rings. The molecule has 1 unspecified atom stereocenters. The number of anilines is 1. The lowest BCUT2D eigenvalue weighted by atomic mass is 9.79. The molecule has 0 aliphatic heterocycles. The molecule has 0 fully saturated rings. The van der Waals surface area contributed by atoms with Crippen molar-refractivity contribution in [2.75, 3.05) is 5.32 Å². The molecule has 2 heteroatoms. The third-order valence-corrected chi connectivity index (χ3v) is 3.63. The fourth-order valence-corrected chi connectivity index (χ4v) is 2.70. The molecule has 0 radical (unpaired) electrons. The Morgan fingerprint density at radius 3 is 2.40 bits per heavy atom. The first-order valence-electron chi connectivity index (χ1n) is 7.08. The van der Waals surface area contributed by atoms with Crippen LogP contribution in [0, 0.1) is 0 Å². The lowest BCUT2D eigenvalue weighted by molar-refractivity contribution is 0.450. The number of phenolic OH excluding ortho intramolecular Hbond substituents is 1. The second-order valence-corrected chi connectivity index (χ2v) is 6.05. The van der Waals surface area contributed by atoms with Crippen LogP contribution in [0.25, 0.3) is 0 Å². The van der Waals surface area contributed by atoms with Gasteiger partial charge in [-0.05, 0) is 36.5 Å². The van der Waals surface area contributed by atoms with Gasteiger partial charge < -0.3 is 10.4 Å². The Hall–Kier alpha value is -1.96. The molecule has 0 spiro atoms. The first-order valence-corrected chi connectivity index (χ1v) is 7.08. The lowest BCUT2D eigenvalue weighted by Gasteiger charge is -2.29. The fourth-order valence-electron chi connectivity index (χ4n) is 2.70. The van der Waals surface area contributed by atoms with Crippen molar-refractivity contribution in [3.05, 3.63) is 60.2 Å². The van der Waals surface area contributed by atoms with E-state index in [1.807, 2.05) is 18.2 Å². The first-order chi connectivity index (χ1) is 9.47. The van der Waals surface area contributed by atoms with Gasteiger partial charge in [0.25, 0.3) is 0 Å². The summed E-state index contributed by atoms with van der Waals surface area (Å²) < 4.78 is 0. The van der Waals surface area contributed by atoms with E-state index in [1.54, 1.807) is 12.1 Å². The van der Waals surface area contributed by atoms with Crippen molar-refractivity contribution in [3.8, 4) is 5.75 Å². The predicted octanol–water partition coefficient (Wildman–Crippen LogP) is 4.56. The molecule has 2 aromatic carbocycles. The second-order valence-electron chi connectivity index (χ2n) is 6.05. The topological polar surface area (TPSA) is 32.3 Å². The van der Waals surface area contributed by atoms with Crippen LogP contribution in [0.2, 0.25) is 0 Å². The quantitative estimate of drug-likeness (QED) is 0.834. The van der Waals surface area contributed by atoms with Gasteiger partial charge in [0.2, 0.25) is 0 Å². The highest BCUT2D eigenvalue weighted by Gasteiger charge is 2.23. The van der Waals surface area contributed by atoms with E-state index >= 15 is 0 Å². The first kappa shape index (κ1) is 14.4. The Labute approximate surface area is 121 Å². The third-order valence-electron chi connectivity index (χ3n) is 3.63. The van der Waals surface area contributed by atoms with Gasteiger partial charge in [-0.1, -0.05) is 50.2 Å². The Kier molecular flexibility index (Phi) is 4.33. The number of rotatable bonds is 5. The number of hydrogen-bond donors (Lipinski definition) is 2. The highest BCUT2D eigenvalue weighted by molar-refractivity contribution is 5.48. The van der Waals surface area contributed by atoms with Crippen LogP contribution in [0.1, 0.15) is 32.8 Å². The minimum atomic E-state index is 0.116. The van der Waals surface area contributed by atoms with E-state index in [1.165, 1.54) is 5.56 Å². The molecule has 106 valence electrons. The van der Waals surface area contributed by atoms with Crippen LogP contribution < -0.4 is 5.32 Å². The average Bonchev–Trinajstić information content (AvgIpc) is 2.39. The SMILES string of the molecule is CC(CC(C)(C)c1ccccc1)Nc1cccc(O)c1. The van der Waals surface area contributed by atoms with E-state index in [0.717, 1.165) is 12.1 Å². The molecule has 0 aromatic heterocycles. The molecule has 0 amide bonds. The van der Waals surface area contributed by atoms with E-state index in [-0.39, 0.29) is 5.41 Å². The van der Waals surface area contributed by atoms with Gasteiger partial charge in [-0.3, -0.25) is 0 Å². The highest BCUT2D eigenvalue weighted by atomic mass is 16.3. The molecule has 0 saturated carbocycles. The largest absolute Gasteiger partial charge is 0.508 e. The minimum Gasteiger partial charge on any atom is -0.508 e. The van der Waals surface area contributed by atoms with Gasteiger partial charge in [0, 0.05) is 17.8 Å². The molecule has 2 N–H and O–H groups in total. The number of phenols is 1. The summed E-state index contributed by atoms with van der Waals surface area (Å²) in [4.78, 5) is 0. The van der Waals surface area contributed by atoms with Crippen LogP contribution in [-0.2, 0) is 5.41 Å². The van der Waals surface area contributed by atoms with Crippen molar-refractivity contribution < 1.29 is 5.11 Å². The van der Waals surface area contributed by atoms with Crippen LogP contribution >= 0.6 is 0 Å². The average molecular weight is 269 g/mol. The zero-order valence-electron chi connectivity index (χ0n) is 12.4. The summed E-state index contributed by atoms with van der Waals surface area (Å²) in [6, 6.07) is 18.2. The van der Waals surface area contributed by atoms with E-state index in [4.69, 9.17) is 0 Å². The molecule has 0 bridgehead atoms. The summed E-state index contributed by atoms with van der Waals surface area (Å²) in [6.07, 6.45) is 1.02. The third kappa shape index (κ3) is 3.77. The molecular weight excluding hydrogens is 246 g/mol. The van der Waals surface area contributed by atoms with Crippen LogP contribution in [0.15, 0.2) is 54.6 Å².